The molecule has 1 amide bonds. The van der Waals surface area contributed by atoms with E-state index in [1.807, 2.05) is 0 Å². The Morgan fingerprint density at radius 3 is 2.44 bits per heavy atom. The Balaban J connectivity index is 0.00000225. The molecule has 4 heteroatoms. The zero-order valence-electron chi connectivity index (χ0n) is 10.4. The first-order valence-corrected chi connectivity index (χ1v) is 6.23. The van der Waals surface area contributed by atoms with E-state index in [4.69, 9.17) is 0 Å². The maximum Gasteiger partial charge on any atom is 0.233 e. The van der Waals surface area contributed by atoms with E-state index in [-0.39, 0.29) is 18.3 Å². The number of nitrogens with one attached hydrogen (secondary N) is 2. The van der Waals surface area contributed by atoms with Crippen molar-refractivity contribution >= 4 is 18.3 Å². The summed E-state index contributed by atoms with van der Waals surface area (Å²) in [6.45, 7) is 6.67. The molecule has 0 aromatic heterocycles. The summed E-state index contributed by atoms with van der Waals surface area (Å²) in [5.41, 5.74) is 0. The molecule has 0 atom stereocenters. The Labute approximate surface area is 105 Å². The number of rotatable bonds is 8. The fraction of sp³-hybridized carbons (Fsp3) is 0.917. The van der Waals surface area contributed by atoms with Crippen molar-refractivity contribution in [1.82, 2.24) is 10.6 Å². The molecule has 0 saturated heterocycles. The molecule has 0 aromatic carbocycles. The molecule has 16 heavy (non-hydrogen) atoms. The molecule has 96 valence electrons. The van der Waals surface area contributed by atoms with Gasteiger partial charge < -0.3 is 10.6 Å². The summed E-state index contributed by atoms with van der Waals surface area (Å²) >= 11 is 0. The molecule has 0 aliphatic heterocycles. The molecule has 1 aliphatic rings. The molecule has 0 bridgehead atoms. The van der Waals surface area contributed by atoms with Crippen molar-refractivity contribution in [1.29, 1.82) is 0 Å². The molecular weight excluding hydrogens is 224 g/mol. The van der Waals surface area contributed by atoms with Crippen molar-refractivity contribution in [3.05, 3.63) is 0 Å². The smallest absolute Gasteiger partial charge is 0.233 e. The van der Waals surface area contributed by atoms with E-state index in [0.29, 0.717) is 12.5 Å². The summed E-state index contributed by atoms with van der Waals surface area (Å²) in [6.07, 6.45) is 4.96. The van der Waals surface area contributed by atoms with Crippen LogP contribution in [0.5, 0.6) is 0 Å². The molecule has 0 radical (unpaired) electrons. The van der Waals surface area contributed by atoms with Gasteiger partial charge in [0.25, 0.3) is 0 Å². The zero-order valence-corrected chi connectivity index (χ0v) is 11.2. The van der Waals surface area contributed by atoms with Crippen molar-refractivity contribution in [2.24, 2.45) is 11.8 Å². The van der Waals surface area contributed by atoms with Gasteiger partial charge in [0.2, 0.25) is 5.91 Å². The van der Waals surface area contributed by atoms with Gasteiger partial charge in [-0.3, -0.25) is 4.79 Å². The molecule has 0 aromatic rings. The Morgan fingerprint density at radius 2 is 1.94 bits per heavy atom. The average Bonchev–Trinajstić information content (AvgIpc) is 3.03. The van der Waals surface area contributed by atoms with Crippen LogP contribution in [0.15, 0.2) is 0 Å². The summed E-state index contributed by atoms with van der Waals surface area (Å²) < 4.78 is 0. The van der Waals surface area contributed by atoms with Crippen LogP contribution in [0.4, 0.5) is 0 Å². The predicted octanol–water partition coefficient (Wildman–Crippen LogP) is 1.96. The maximum atomic E-state index is 11.4. The highest BCUT2D eigenvalue weighted by Gasteiger charge is 2.20. The number of hydrogen-bond donors (Lipinski definition) is 2. The molecule has 1 saturated carbocycles. The van der Waals surface area contributed by atoms with Crippen LogP contribution >= 0.6 is 12.4 Å². The summed E-state index contributed by atoms with van der Waals surface area (Å²) in [5, 5.41) is 6.17. The van der Waals surface area contributed by atoms with Crippen LogP contribution in [-0.2, 0) is 4.79 Å². The topological polar surface area (TPSA) is 41.1 Å². The van der Waals surface area contributed by atoms with E-state index >= 15 is 0 Å². The van der Waals surface area contributed by atoms with E-state index in [0.717, 1.165) is 31.8 Å². The van der Waals surface area contributed by atoms with Crippen LogP contribution in [0.25, 0.3) is 0 Å². The van der Waals surface area contributed by atoms with Crippen molar-refractivity contribution < 1.29 is 4.79 Å². The van der Waals surface area contributed by atoms with Crippen molar-refractivity contribution in [3.63, 3.8) is 0 Å². The van der Waals surface area contributed by atoms with Crippen LogP contribution in [0, 0.1) is 11.8 Å². The highest BCUT2D eigenvalue weighted by atomic mass is 35.5. The first-order chi connectivity index (χ1) is 7.26. The third-order valence-corrected chi connectivity index (χ3v) is 3.16. The molecule has 0 spiro atoms. The first-order valence-electron chi connectivity index (χ1n) is 6.23. The van der Waals surface area contributed by atoms with E-state index in [1.54, 1.807) is 0 Å². The number of amides is 1. The monoisotopic (exact) mass is 248 g/mol. The molecule has 1 fully saturated rings. The van der Waals surface area contributed by atoms with Gasteiger partial charge in [-0.05, 0) is 31.2 Å². The second kappa shape index (κ2) is 8.82. The van der Waals surface area contributed by atoms with Gasteiger partial charge in [-0.2, -0.15) is 0 Å². The minimum absolute atomic E-state index is 0. The van der Waals surface area contributed by atoms with Gasteiger partial charge in [-0.1, -0.05) is 26.7 Å². The fourth-order valence-corrected chi connectivity index (χ4v) is 1.61. The zero-order chi connectivity index (χ0) is 11.1. The van der Waals surface area contributed by atoms with Crippen LogP contribution in [0.1, 0.15) is 39.5 Å². The number of carbonyl (C=O) groups excluding carboxylic acids is 1. The van der Waals surface area contributed by atoms with Crippen LogP contribution < -0.4 is 10.6 Å². The Kier molecular flexibility index (Phi) is 8.67. The van der Waals surface area contributed by atoms with Crippen molar-refractivity contribution in [2.45, 2.75) is 39.5 Å². The molecular formula is C12H25ClN2O. The van der Waals surface area contributed by atoms with Gasteiger partial charge in [0.1, 0.15) is 0 Å². The molecule has 3 nitrogen and oxygen atoms in total. The quantitative estimate of drug-likeness (QED) is 0.690. The van der Waals surface area contributed by atoms with Gasteiger partial charge in [-0.15, -0.1) is 12.4 Å². The number of carbonyl (C=O) groups is 1. The fourth-order valence-electron chi connectivity index (χ4n) is 1.61. The maximum absolute atomic E-state index is 11.4. The van der Waals surface area contributed by atoms with E-state index in [1.165, 1.54) is 12.8 Å². The van der Waals surface area contributed by atoms with E-state index < -0.39 is 0 Å². The first kappa shape index (κ1) is 15.7. The van der Waals surface area contributed by atoms with Gasteiger partial charge in [0, 0.05) is 6.54 Å². The summed E-state index contributed by atoms with van der Waals surface area (Å²) in [5.74, 6) is 1.62. The third kappa shape index (κ3) is 7.07. The second-order valence-electron chi connectivity index (χ2n) is 4.56. The summed E-state index contributed by atoms with van der Waals surface area (Å²) in [7, 11) is 0. The second-order valence-corrected chi connectivity index (χ2v) is 4.56. The van der Waals surface area contributed by atoms with E-state index in [2.05, 4.69) is 24.5 Å². The third-order valence-electron chi connectivity index (χ3n) is 3.16. The SMILES string of the molecule is CCC(CC)CNC(=O)CNCC1CC1.Cl. The van der Waals surface area contributed by atoms with Gasteiger partial charge in [-0.25, -0.2) is 0 Å². The highest BCUT2D eigenvalue weighted by molar-refractivity contribution is 5.85. The minimum Gasteiger partial charge on any atom is -0.355 e. The number of hydrogen-bond acceptors (Lipinski definition) is 2. The highest BCUT2D eigenvalue weighted by Crippen LogP contribution is 2.27. The average molecular weight is 249 g/mol. The Hall–Kier alpha value is -0.280. The normalized spacial score (nSPS) is 14.7. The molecule has 0 heterocycles. The predicted molar refractivity (Wildman–Crippen MR) is 69.9 cm³/mol. The minimum atomic E-state index is 0. The largest absolute Gasteiger partial charge is 0.355 e. The van der Waals surface area contributed by atoms with Gasteiger partial charge in [0.05, 0.1) is 6.54 Å². The van der Waals surface area contributed by atoms with Gasteiger partial charge in [0.15, 0.2) is 0 Å². The van der Waals surface area contributed by atoms with Gasteiger partial charge >= 0.3 is 0 Å². The Morgan fingerprint density at radius 1 is 1.31 bits per heavy atom. The van der Waals surface area contributed by atoms with Crippen LogP contribution in [-0.4, -0.2) is 25.5 Å². The lowest BCUT2D eigenvalue weighted by molar-refractivity contribution is -0.120. The van der Waals surface area contributed by atoms with Crippen LogP contribution in [0.3, 0.4) is 0 Å². The lowest BCUT2D eigenvalue weighted by atomic mass is 10.0. The molecule has 2 N–H and O–H groups in total. The lowest BCUT2D eigenvalue weighted by Gasteiger charge is -2.13. The molecule has 1 aliphatic carbocycles. The molecule has 1 rings (SSSR count). The van der Waals surface area contributed by atoms with Crippen molar-refractivity contribution in [2.75, 3.05) is 19.6 Å². The summed E-state index contributed by atoms with van der Waals surface area (Å²) in [4.78, 5) is 11.4. The molecule has 0 unspecified atom stereocenters. The van der Waals surface area contributed by atoms with Crippen molar-refractivity contribution in [3.8, 4) is 0 Å². The Bertz CT molecular complexity index is 191. The lowest BCUT2D eigenvalue weighted by Crippen LogP contribution is -2.37. The standard InChI is InChI=1S/C12H24N2O.ClH/c1-3-10(4-2)8-14-12(15)9-13-7-11-5-6-11;/h10-11,13H,3-9H2,1-2H3,(H,14,15);1H. The van der Waals surface area contributed by atoms with Crippen LogP contribution in [0.2, 0.25) is 0 Å². The van der Waals surface area contributed by atoms with E-state index in [9.17, 15) is 4.79 Å². The number of halogens is 1. The summed E-state index contributed by atoms with van der Waals surface area (Å²) in [6, 6.07) is 0.